The molecule has 0 radical (unpaired) electrons. The first-order chi connectivity index (χ1) is 7.54. The van der Waals surface area contributed by atoms with Crippen molar-refractivity contribution in [3.8, 4) is 0 Å². The maximum Gasteiger partial charge on any atom is 0.0236 e. The molecule has 0 spiro atoms. The van der Waals surface area contributed by atoms with Gasteiger partial charge >= 0.3 is 0 Å². The Balaban J connectivity index is 1.78. The van der Waals surface area contributed by atoms with Crippen LogP contribution in [0.3, 0.4) is 0 Å². The monoisotopic (exact) mass is 225 g/mol. The van der Waals surface area contributed by atoms with Gasteiger partial charge in [-0.25, -0.2) is 0 Å². The van der Waals surface area contributed by atoms with Crippen LogP contribution in [0.15, 0.2) is 0 Å². The first-order valence-electron chi connectivity index (χ1n) is 6.72. The second-order valence-corrected chi connectivity index (χ2v) is 6.52. The predicted octanol–water partition coefficient (Wildman–Crippen LogP) is 1.01. The van der Waals surface area contributed by atoms with E-state index in [9.17, 15) is 0 Å². The van der Waals surface area contributed by atoms with Crippen molar-refractivity contribution in [1.82, 2.24) is 15.1 Å². The summed E-state index contributed by atoms with van der Waals surface area (Å²) in [6.45, 7) is 15.7. The molecule has 1 atom stereocenters. The van der Waals surface area contributed by atoms with E-state index in [0.29, 0.717) is 5.41 Å². The molecule has 0 amide bonds. The fraction of sp³-hybridized carbons (Fsp3) is 1.00. The van der Waals surface area contributed by atoms with Crippen LogP contribution in [0.5, 0.6) is 0 Å². The predicted molar refractivity (Wildman–Crippen MR) is 68.7 cm³/mol. The summed E-state index contributed by atoms with van der Waals surface area (Å²) in [5.74, 6) is 0. The smallest absolute Gasteiger partial charge is 0.0236 e. The highest BCUT2D eigenvalue weighted by molar-refractivity contribution is 4.86. The maximum atomic E-state index is 3.43. The molecule has 0 aromatic heterocycles. The molecule has 2 fully saturated rings. The van der Waals surface area contributed by atoms with Gasteiger partial charge in [0.05, 0.1) is 0 Å². The average molecular weight is 225 g/mol. The van der Waals surface area contributed by atoms with E-state index in [1.807, 2.05) is 0 Å². The van der Waals surface area contributed by atoms with Gasteiger partial charge in [-0.05, 0) is 18.4 Å². The molecule has 3 nitrogen and oxygen atoms in total. The molecule has 16 heavy (non-hydrogen) atoms. The second-order valence-electron chi connectivity index (χ2n) is 6.52. The van der Waals surface area contributed by atoms with Gasteiger partial charge in [-0.2, -0.15) is 0 Å². The quantitative estimate of drug-likeness (QED) is 0.757. The number of nitrogens with zero attached hydrogens (tertiary/aromatic N) is 2. The van der Waals surface area contributed by atoms with E-state index in [-0.39, 0.29) is 0 Å². The summed E-state index contributed by atoms with van der Waals surface area (Å²) in [6, 6.07) is 0.824. The zero-order valence-corrected chi connectivity index (χ0v) is 11.1. The summed E-state index contributed by atoms with van der Waals surface area (Å²) < 4.78 is 0. The lowest BCUT2D eigenvalue weighted by molar-refractivity contribution is 0.160. The Hall–Kier alpha value is -0.120. The highest BCUT2D eigenvalue weighted by Gasteiger charge is 2.29. The summed E-state index contributed by atoms with van der Waals surface area (Å²) in [7, 11) is 0. The summed E-state index contributed by atoms with van der Waals surface area (Å²) in [6.07, 6.45) is 1.37. The van der Waals surface area contributed by atoms with Crippen LogP contribution >= 0.6 is 0 Å². The molecule has 0 aliphatic carbocycles. The van der Waals surface area contributed by atoms with Crippen LogP contribution in [0.25, 0.3) is 0 Å². The molecule has 2 rings (SSSR count). The van der Waals surface area contributed by atoms with E-state index < -0.39 is 0 Å². The van der Waals surface area contributed by atoms with E-state index in [1.54, 1.807) is 0 Å². The number of nitrogens with one attached hydrogen (secondary N) is 1. The molecule has 2 heterocycles. The number of rotatable bonds is 2. The number of likely N-dealkylation sites (tertiary alicyclic amines) is 1. The molecule has 1 unspecified atom stereocenters. The van der Waals surface area contributed by atoms with Crippen molar-refractivity contribution in [3.05, 3.63) is 0 Å². The van der Waals surface area contributed by atoms with Gasteiger partial charge in [0.2, 0.25) is 0 Å². The average Bonchev–Trinajstić information content (AvgIpc) is 2.65. The molecular weight excluding hydrogens is 198 g/mol. The molecule has 3 heteroatoms. The zero-order chi connectivity index (χ0) is 11.6. The third-order valence-corrected chi connectivity index (χ3v) is 3.61. The maximum absolute atomic E-state index is 3.43. The summed E-state index contributed by atoms with van der Waals surface area (Å²) in [4.78, 5) is 5.33. The second kappa shape index (κ2) is 5.03. The largest absolute Gasteiger partial charge is 0.314 e. The van der Waals surface area contributed by atoms with Crippen molar-refractivity contribution < 1.29 is 0 Å². The molecule has 0 saturated carbocycles. The van der Waals surface area contributed by atoms with Gasteiger partial charge in [0.25, 0.3) is 0 Å². The van der Waals surface area contributed by atoms with E-state index in [2.05, 4.69) is 35.9 Å². The van der Waals surface area contributed by atoms with Gasteiger partial charge in [0.15, 0.2) is 0 Å². The topological polar surface area (TPSA) is 18.5 Å². The normalized spacial score (nSPS) is 29.8. The van der Waals surface area contributed by atoms with Gasteiger partial charge in [0, 0.05) is 45.3 Å². The Morgan fingerprint density at radius 2 is 1.81 bits per heavy atom. The van der Waals surface area contributed by atoms with Crippen LogP contribution < -0.4 is 5.32 Å². The van der Waals surface area contributed by atoms with E-state index in [4.69, 9.17) is 0 Å². The van der Waals surface area contributed by atoms with E-state index in [1.165, 1.54) is 52.2 Å². The van der Waals surface area contributed by atoms with Crippen LogP contribution in [0, 0.1) is 5.41 Å². The lowest BCUT2D eigenvalue weighted by atomic mass is 9.96. The van der Waals surface area contributed by atoms with Crippen LogP contribution in [-0.2, 0) is 0 Å². The summed E-state index contributed by atoms with van der Waals surface area (Å²) in [5.41, 5.74) is 0.443. The van der Waals surface area contributed by atoms with Crippen molar-refractivity contribution >= 4 is 0 Å². The van der Waals surface area contributed by atoms with Gasteiger partial charge in [-0.3, -0.25) is 4.90 Å². The lowest BCUT2D eigenvalue weighted by Crippen LogP contribution is -2.49. The van der Waals surface area contributed by atoms with Gasteiger partial charge in [-0.15, -0.1) is 0 Å². The highest BCUT2D eigenvalue weighted by atomic mass is 15.3. The summed E-state index contributed by atoms with van der Waals surface area (Å²) >= 11 is 0. The van der Waals surface area contributed by atoms with Crippen LogP contribution in [0.1, 0.15) is 27.2 Å². The minimum atomic E-state index is 0.443. The van der Waals surface area contributed by atoms with Crippen LogP contribution in [0.4, 0.5) is 0 Å². The van der Waals surface area contributed by atoms with Crippen molar-refractivity contribution in [2.45, 2.75) is 33.2 Å². The molecule has 0 aromatic carbocycles. The number of hydrogen-bond donors (Lipinski definition) is 1. The number of piperazine rings is 1. The van der Waals surface area contributed by atoms with E-state index in [0.717, 1.165) is 6.04 Å². The Bertz CT molecular complexity index is 216. The SMILES string of the molecule is CC(C)(C)CN1CCC(N2CCNCC2)C1. The molecule has 2 aliphatic rings. The minimum absolute atomic E-state index is 0.443. The Kier molecular flexibility index (Phi) is 3.88. The molecular formula is C13H27N3. The minimum Gasteiger partial charge on any atom is -0.314 e. The molecule has 94 valence electrons. The summed E-state index contributed by atoms with van der Waals surface area (Å²) in [5, 5.41) is 3.43. The van der Waals surface area contributed by atoms with Gasteiger partial charge in [0.1, 0.15) is 0 Å². The zero-order valence-electron chi connectivity index (χ0n) is 11.1. The van der Waals surface area contributed by atoms with Gasteiger partial charge in [-0.1, -0.05) is 20.8 Å². The molecule has 2 saturated heterocycles. The Labute approximate surface area is 100 Å². The van der Waals surface area contributed by atoms with Crippen molar-refractivity contribution in [2.75, 3.05) is 45.8 Å². The van der Waals surface area contributed by atoms with Crippen LogP contribution in [-0.4, -0.2) is 61.7 Å². The molecule has 2 aliphatic heterocycles. The van der Waals surface area contributed by atoms with E-state index >= 15 is 0 Å². The Morgan fingerprint density at radius 1 is 1.12 bits per heavy atom. The lowest BCUT2D eigenvalue weighted by Gasteiger charge is -2.33. The highest BCUT2D eigenvalue weighted by Crippen LogP contribution is 2.21. The third kappa shape index (κ3) is 3.44. The standard InChI is InChI=1S/C13H27N3/c1-13(2,3)11-15-7-4-12(10-15)16-8-5-14-6-9-16/h12,14H,4-11H2,1-3H3. The van der Waals surface area contributed by atoms with Gasteiger partial charge < -0.3 is 10.2 Å². The fourth-order valence-corrected chi connectivity index (χ4v) is 2.97. The third-order valence-electron chi connectivity index (χ3n) is 3.61. The van der Waals surface area contributed by atoms with Crippen molar-refractivity contribution in [2.24, 2.45) is 5.41 Å². The van der Waals surface area contributed by atoms with Crippen molar-refractivity contribution in [3.63, 3.8) is 0 Å². The first kappa shape index (κ1) is 12.3. The molecule has 1 N–H and O–H groups in total. The fourth-order valence-electron chi connectivity index (χ4n) is 2.97. The first-order valence-corrected chi connectivity index (χ1v) is 6.72. The van der Waals surface area contributed by atoms with Crippen LogP contribution in [0.2, 0.25) is 0 Å². The van der Waals surface area contributed by atoms with Crippen molar-refractivity contribution in [1.29, 1.82) is 0 Å². The Morgan fingerprint density at radius 3 is 2.44 bits per heavy atom. The number of hydrogen-bond acceptors (Lipinski definition) is 3. The molecule has 0 aromatic rings. The molecule has 0 bridgehead atoms.